The zero-order valence-electron chi connectivity index (χ0n) is 9.74. The average molecular weight is 237 g/mol. The summed E-state index contributed by atoms with van der Waals surface area (Å²) in [5, 5.41) is 2.93. The van der Waals surface area contributed by atoms with Crippen LogP contribution in [0, 0.1) is 5.41 Å². The van der Waals surface area contributed by atoms with Gasteiger partial charge in [-0.1, -0.05) is 13.8 Å². The highest BCUT2D eigenvalue weighted by atomic mass is 35.5. The van der Waals surface area contributed by atoms with E-state index in [1.165, 1.54) is 0 Å². The lowest BCUT2D eigenvalue weighted by atomic mass is 9.64. The van der Waals surface area contributed by atoms with E-state index in [9.17, 15) is 4.79 Å². The van der Waals surface area contributed by atoms with Gasteiger partial charge in [-0.15, -0.1) is 12.4 Å². The average Bonchev–Trinajstić information content (AvgIpc) is 2.10. The zero-order chi connectivity index (χ0) is 10.9. The highest BCUT2D eigenvalue weighted by Gasteiger charge is 2.49. The standard InChI is InChI=1S/C10H20N2O2.ClH/c1-6(11)9(13)12-7-5-8(14-4)10(7,2)3;/h6-8H,5,11H2,1-4H3,(H,12,13);1H/t6-,7?,8?;/m0./s1. The summed E-state index contributed by atoms with van der Waals surface area (Å²) in [7, 11) is 1.70. The third-order valence-electron chi connectivity index (χ3n) is 3.19. The number of carbonyl (C=O) groups excluding carboxylic acids is 1. The van der Waals surface area contributed by atoms with Crippen LogP contribution in [-0.4, -0.2) is 31.2 Å². The van der Waals surface area contributed by atoms with E-state index < -0.39 is 6.04 Å². The van der Waals surface area contributed by atoms with Crippen LogP contribution in [0.1, 0.15) is 27.2 Å². The van der Waals surface area contributed by atoms with Crippen molar-refractivity contribution in [2.75, 3.05) is 7.11 Å². The van der Waals surface area contributed by atoms with Gasteiger partial charge in [0, 0.05) is 18.6 Å². The molecule has 1 aliphatic carbocycles. The molecule has 0 aromatic heterocycles. The maximum Gasteiger partial charge on any atom is 0.236 e. The minimum atomic E-state index is -0.438. The van der Waals surface area contributed by atoms with Gasteiger partial charge < -0.3 is 15.8 Å². The molecule has 3 atom stereocenters. The first-order valence-corrected chi connectivity index (χ1v) is 4.98. The highest BCUT2D eigenvalue weighted by molar-refractivity contribution is 5.85. The molecule has 0 bridgehead atoms. The van der Waals surface area contributed by atoms with Crippen molar-refractivity contribution in [3.05, 3.63) is 0 Å². The van der Waals surface area contributed by atoms with Crippen molar-refractivity contribution in [2.24, 2.45) is 11.1 Å². The second-order valence-corrected chi connectivity index (χ2v) is 4.63. The first-order chi connectivity index (χ1) is 6.39. The van der Waals surface area contributed by atoms with Gasteiger partial charge in [-0.3, -0.25) is 4.79 Å². The topological polar surface area (TPSA) is 64.3 Å². The van der Waals surface area contributed by atoms with Crippen molar-refractivity contribution in [3.63, 3.8) is 0 Å². The van der Waals surface area contributed by atoms with E-state index in [1.807, 2.05) is 0 Å². The Morgan fingerprint density at radius 3 is 2.47 bits per heavy atom. The van der Waals surface area contributed by atoms with Crippen LogP contribution in [0.3, 0.4) is 0 Å². The zero-order valence-corrected chi connectivity index (χ0v) is 10.6. The van der Waals surface area contributed by atoms with Crippen molar-refractivity contribution in [2.45, 2.75) is 45.4 Å². The van der Waals surface area contributed by atoms with Crippen molar-refractivity contribution in [1.82, 2.24) is 5.32 Å². The molecule has 0 aromatic rings. The Hall–Kier alpha value is -0.320. The second kappa shape index (κ2) is 5.14. The molecule has 0 radical (unpaired) electrons. The normalized spacial score (nSPS) is 29.7. The molecular formula is C10H21ClN2O2. The number of hydrogen-bond donors (Lipinski definition) is 2. The highest BCUT2D eigenvalue weighted by Crippen LogP contribution is 2.42. The second-order valence-electron chi connectivity index (χ2n) is 4.63. The van der Waals surface area contributed by atoms with Gasteiger partial charge in [0.05, 0.1) is 12.1 Å². The summed E-state index contributed by atoms with van der Waals surface area (Å²) in [6.07, 6.45) is 1.11. The molecule has 1 rings (SSSR count). The minimum absolute atomic E-state index is 0. The number of nitrogens with two attached hydrogens (primary N) is 1. The van der Waals surface area contributed by atoms with E-state index in [0.717, 1.165) is 6.42 Å². The van der Waals surface area contributed by atoms with Crippen LogP contribution in [-0.2, 0) is 9.53 Å². The largest absolute Gasteiger partial charge is 0.381 e. The molecule has 0 saturated heterocycles. The van der Waals surface area contributed by atoms with Crippen LogP contribution >= 0.6 is 12.4 Å². The van der Waals surface area contributed by atoms with E-state index in [-0.39, 0.29) is 35.9 Å². The molecule has 1 saturated carbocycles. The van der Waals surface area contributed by atoms with Crippen molar-refractivity contribution < 1.29 is 9.53 Å². The lowest BCUT2D eigenvalue weighted by molar-refractivity contribution is -0.133. The lowest BCUT2D eigenvalue weighted by Gasteiger charge is -2.51. The van der Waals surface area contributed by atoms with E-state index in [1.54, 1.807) is 14.0 Å². The van der Waals surface area contributed by atoms with E-state index >= 15 is 0 Å². The van der Waals surface area contributed by atoms with Gasteiger partial charge in [0.15, 0.2) is 0 Å². The molecule has 0 heterocycles. The Morgan fingerprint density at radius 1 is 1.60 bits per heavy atom. The van der Waals surface area contributed by atoms with Gasteiger partial charge >= 0.3 is 0 Å². The van der Waals surface area contributed by atoms with Crippen LogP contribution in [0.15, 0.2) is 0 Å². The Bertz CT molecular complexity index is 231. The van der Waals surface area contributed by atoms with Crippen LogP contribution in [0.5, 0.6) is 0 Å². The fraction of sp³-hybridized carbons (Fsp3) is 0.900. The quantitative estimate of drug-likeness (QED) is 0.758. The van der Waals surface area contributed by atoms with Crippen molar-refractivity contribution in [3.8, 4) is 0 Å². The molecule has 0 aromatic carbocycles. The van der Waals surface area contributed by atoms with Crippen molar-refractivity contribution >= 4 is 18.3 Å². The molecule has 15 heavy (non-hydrogen) atoms. The number of methoxy groups -OCH3 is 1. The van der Waals surface area contributed by atoms with Gasteiger partial charge in [0.2, 0.25) is 5.91 Å². The summed E-state index contributed by atoms with van der Waals surface area (Å²) in [5.74, 6) is -0.0855. The first kappa shape index (κ1) is 14.7. The lowest BCUT2D eigenvalue weighted by Crippen LogP contribution is -2.63. The van der Waals surface area contributed by atoms with Crippen LogP contribution in [0.2, 0.25) is 0 Å². The molecule has 1 aliphatic rings. The summed E-state index contributed by atoms with van der Waals surface area (Å²) in [4.78, 5) is 11.4. The number of ether oxygens (including phenoxy) is 1. The molecule has 0 aliphatic heterocycles. The minimum Gasteiger partial charge on any atom is -0.381 e. The Balaban J connectivity index is 0.00000196. The molecule has 5 heteroatoms. The molecule has 1 fully saturated rings. The molecule has 90 valence electrons. The fourth-order valence-corrected chi connectivity index (χ4v) is 1.83. The van der Waals surface area contributed by atoms with E-state index in [4.69, 9.17) is 10.5 Å². The molecule has 1 amide bonds. The summed E-state index contributed by atoms with van der Waals surface area (Å²) < 4.78 is 5.29. The van der Waals surface area contributed by atoms with Crippen LogP contribution in [0.4, 0.5) is 0 Å². The number of carbonyl (C=O) groups is 1. The van der Waals surface area contributed by atoms with E-state index in [0.29, 0.717) is 0 Å². The Labute approximate surface area is 97.3 Å². The molecule has 3 N–H and O–H groups in total. The number of rotatable bonds is 3. The summed E-state index contributed by atoms with van der Waals surface area (Å²) in [5.41, 5.74) is 5.49. The summed E-state index contributed by atoms with van der Waals surface area (Å²) in [6, 6.07) is -0.252. The summed E-state index contributed by atoms with van der Waals surface area (Å²) in [6.45, 7) is 5.88. The van der Waals surface area contributed by atoms with Crippen molar-refractivity contribution in [1.29, 1.82) is 0 Å². The van der Waals surface area contributed by atoms with Gasteiger partial charge in [0.1, 0.15) is 0 Å². The molecule has 0 spiro atoms. The predicted molar refractivity (Wildman–Crippen MR) is 62.0 cm³/mol. The molecular weight excluding hydrogens is 216 g/mol. The van der Waals surface area contributed by atoms with Gasteiger partial charge in [-0.05, 0) is 13.3 Å². The third-order valence-corrected chi connectivity index (χ3v) is 3.19. The number of hydrogen-bond acceptors (Lipinski definition) is 3. The monoisotopic (exact) mass is 236 g/mol. The third kappa shape index (κ3) is 2.83. The Morgan fingerprint density at radius 2 is 2.13 bits per heavy atom. The maximum absolute atomic E-state index is 11.4. The SMILES string of the molecule is COC1CC(NC(=O)[C@H](C)N)C1(C)C.Cl. The van der Waals surface area contributed by atoms with Gasteiger partial charge in [-0.2, -0.15) is 0 Å². The number of amides is 1. The Kier molecular flexibility index (Phi) is 5.03. The fourth-order valence-electron chi connectivity index (χ4n) is 1.83. The molecule has 2 unspecified atom stereocenters. The predicted octanol–water partition coefficient (Wildman–Crippen LogP) is 0.685. The number of halogens is 1. The summed E-state index contributed by atoms with van der Waals surface area (Å²) >= 11 is 0. The van der Waals surface area contributed by atoms with Gasteiger partial charge in [-0.25, -0.2) is 0 Å². The first-order valence-electron chi connectivity index (χ1n) is 4.98. The van der Waals surface area contributed by atoms with Crippen LogP contribution < -0.4 is 11.1 Å². The smallest absolute Gasteiger partial charge is 0.236 e. The molecule has 4 nitrogen and oxygen atoms in total. The number of nitrogens with one attached hydrogen (secondary N) is 1. The van der Waals surface area contributed by atoms with E-state index in [2.05, 4.69) is 19.2 Å². The van der Waals surface area contributed by atoms with Crippen LogP contribution in [0.25, 0.3) is 0 Å². The maximum atomic E-state index is 11.4. The van der Waals surface area contributed by atoms with Gasteiger partial charge in [0.25, 0.3) is 0 Å².